The standard InChI is InChI=1S/C13H15NO3.C4H8O/c1-7-13(9(3)17-14-7)11-4-10(8(2)15)5-12(16)6-11;1-2-4-3-5-4/h4-6,8,15-16H,1-3H3;4H,2-3H2,1H3. The summed E-state index contributed by atoms with van der Waals surface area (Å²) in [6.07, 6.45) is 1.20. The normalized spacial score (nSPS) is 17.6. The second-order valence-corrected chi connectivity index (χ2v) is 5.55. The lowest BCUT2D eigenvalue weighted by Gasteiger charge is -2.08. The summed E-state index contributed by atoms with van der Waals surface area (Å²) in [5.74, 6) is 0.822. The average molecular weight is 305 g/mol. The fraction of sp³-hybridized carbons (Fsp3) is 0.471. The predicted octanol–water partition coefficient (Wildman–Crippen LogP) is 3.51. The number of phenolic OH excluding ortho intramolecular Hbond substituents is 1. The van der Waals surface area contributed by atoms with Crippen molar-refractivity contribution in [2.45, 2.75) is 46.3 Å². The number of aromatic hydroxyl groups is 1. The average Bonchev–Trinajstić information content (AvgIpc) is 3.24. The van der Waals surface area contributed by atoms with Crippen LogP contribution in [0.15, 0.2) is 22.7 Å². The lowest BCUT2D eigenvalue weighted by molar-refractivity contribution is 0.199. The maximum atomic E-state index is 9.66. The van der Waals surface area contributed by atoms with E-state index in [1.54, 1.807) is 19.1 Å². The highest BCUT2D eigenvalue weighted by atomic mass is 16.6. The molecule has 1 aliphatic rings. The van der Waals surface area contributed by atoms with Crippen LogP contribution in [0, 0.1) is 13.8 Å². The van der Waals surface area contributed by atoms with Crippen LogP contribution in [0.25, 0.3) is 11.1 Å². The van der Waals surface area contributed by atoms with Gasteiger partial charge < -0.3 is 19.5 Å². The third-order valence-electron chi connectivity index (χ3n) is 3.60. The van der Waals surface area contributed by atoms with Gasteiger partial charge in [0.2, 0.25) is 0 Å². The van der Waals surface area contributed by atoms with Gasteiger partial charge in [-0.15, -0.1) is 0 Å². The molecule has 1 aromatic heterocycles. The van der Waals surface area contributed by atoms with Crippen molar-refractivity contribution < 1.29 is 19.5 Å². The molecule has 0 bridgehead atoms. The van der Waals surface area contributed by atoms with Crippen LogP contribution in [-0.2, 0) is 4.74 Å². The van der Waals surface area contributed by atoms with Gasteiger partial charge in [-0.2, -0.15) is 0 Å². The van der Waals surface area contributed by atoms with Crippen molar-refractivity contribution in [3.8, 4) is 16.9 Å². The molecule has 5 nitrogen and oxygen atoms in total. The Kier molecular flexibility index (Phi) is 5.21. The maximum absolute atomic E-state index is 9.66. The van der Waals surface area contributed by atoms with E-state index in [1.807, 2.05) is 19.9 Å². The molecular formula is C17H23NO4. The van der Waals surface area contributed by atoms with Crippen molar-refractivity contribution in [3.63, 3.8) is 0 Å². The van der Waals surface area contributed by atoms with Gasteiger partial charge in [0.1, 0.15) is 11.5 Å². The SMILES string of the molecule is CCC1CO1.Cc1noc(C)c1-c1cc(O)cc(C(C)O)c1. The molecule has 2 aromatic rings. The molecule has 1 aliphatic heterocycles. The number of aliphatic hydroxyl groups excluding tert-OH is 1. The van der Waals surface area contributed by atoms with Gasteiger partial charge >= 0.3 is 0 Å². The van der Waals surface area contributed by atoms with E-state index < -0.39 is 6.10 Å². The monoisotopic (exact) mass is 305 g/mol. The number of ether oxygens (including phenoxy) is 1. The number of hydrogen-bond donors (Lipinski definition) is 2. The van der Waals surface area contributed by atoms with Crippen LogP contribution >= 0.6 is 0 Å². The van der Waals surface area contributed by atoms with E-state index in [2.05, 4.69) is 12.1 Å². The molecule has 1 aromatic carbocycles. The third-order valence-corrected chi connectivity index (χ3v) is 3.60. The second-order valence-electron chi connectivity index (χ2n) is 5.55. The van der Waals surface area contributed by atoms with Gasteiger partial charge in [0.05, 0.1) is 24.5 Å². The van der Waals surface area contributed by atoms with Crippen molar-refractivity contribution in [1.29, 1.82) is 0 Å². The quantitative estimate of drug-likeness (QED) is 0.848. The molecule has 1 saturated heterocycles. The first-order valence-electron chi connectivity index (χ1n) is 7.49. The molecular weight excluding hydrogens is 282 g/mol. The Morgan fingerprint density at radius 1 is 1.32 bits per heavy atom. The summed E-state index contributed by atoms with van der Waals surface area (Å²) in [5, 5.41) is 23.1. The largest absolute Gasteiger partial charge is 0.508 e. The van der Waals surface area contributed by atoms with Crippen LogP contribution in [0.5, 0.6) is 5.75 Å². The van der Waals surface area contributed by atoms with Crippen molar-refractivity contribution in [3.05, 3.63) is 35.2 Å². The van der Waals surface area contributed by atoms with Gasteiger partial charge in [0, 0.05) is 5.56 Å². The summed E-state index contributed by atoms with van der Waals surface area (Å²) in [6.45, 7) is 8.47. The predicted molar refractivity (Wildman–Crippen MR) is 83.7 cm³/mol. The van der Waals surface area contributed by atoms with E-state index in [4.69, 9.17) is 9.26 Å². The summed E-state index contributed by atoms with van der Waals surface area (Å²) in [4.78, 5) is 0. The van der Waals surface area contributed by atoms with E-state index >= 15 is 0 Å². The van der Waals surface area contributed by atoms with Crippen molar-refractivity contribution in [1.82, 2.24) is 5.16 Å². The topological polar surface area (TPSA) is 79.0 Å². The summed E-state index contributed by atoms with van der Waals surface area (Å²) >= 11 is 0. The molecule has 1 fully saturated rings. The molecule has 2 atom stereocenters. The van der Waals surface area contributed by atoms with E-state index in [0.29, 0.717) is 17.4 Å². The summed E-state index contributed by atoms with van der Waals surface area (Å²) < 4.78 is 9.95. The van der Waals surface area contributed by atoms with Gasteiger partial charge in [-0.25, -0.2) is 0 Å². The van der Waals surface area contributed by atoms with Crippen LogP contribution in [-0.4, -0.2) is 28.1 Å². The second kappa shape index (κ2) is 6.94. The number of hydrogen-bond acceptors (Lipinski definition) is 5. The number of aryl methyl sites for hydroxylation is 2. The lowest BCUT2D eigenvalue weighted by Crippen LogP contribution is -1.92. The van der Waals surface area contributed by atoms with E-state index in [1.165, 1.54) is 6.42 Å². The molecule has 0 saturated carbocycles. The molecule has 2 N–H and O–H groups in total. The van der Waals surface area contributed by atoms with Crippen molar-refractivity contribution >= 4 is 0 Å². The first-order chi connectivity index (χ1) is 10.4. The number of aliphatic hydroxyl groups is 1. The van der Waals surface area contributed by atoms with E-state index in [0.717, 1.165) is 23.4 Å². The molecule has 2 unspecified atom stereocenters. The van der Waals surface area contributed by atoms with Crippen molar-refractivity contribution in [2.24, 2.45) is 0 Å². The Hall–Kier alpha value is -1.85. The third kappa shape index (κ3) is 4.08. The molecule has 0 spiro atoms. The van der Waals surface area contributed by atoms with E-state index in [9.17, 15) is 10.2 Å². The molecule has 3 rings (SSSR count). The van der Waals surface area contributed by atoms with Crippen LogP contribution in [0.3, 0.4) is 0 Å². The first-order valence-corrected chi connectivity index (χ1v) is 7.49. The first kappa shape index (κ1) is 16.5. The van der Waals surface area contributed by atoms with Gasteiger partial charge in [-0.05, 0) is 56.5 Å². The molecule has 120 valence electrons. The Balaban J connectivity index is 0.000000299. The number of rotatable bonds is 3. The van der Waals surface area contributed by atoms with Crippen LogP contribution in [0.1, 0.15) is 43.4 Å². The smallest absolute Gasteiger partial charge is 0.141 e. The van der Waals surface area contributed by atoms with Gasteiger partial charge in [0.15, 0.2) is 0 Å². The summed E-state index contributed by atoms with van der Waals surface area (Å²) in [5.41, 5.74) is 3.10. The molecule has 0 radical (unpaired) electrons. The fourth-order valence-electron chi connectivity index (χ4n) is 2.22. The van der Waals surface area contributed by atoms with Gasteiger partial charge in [-0.3, -0.25) is 0 Å². The minimum Gasteiger partial charge on any atom is -0.508 e. The van der Waals surface area contributed by atoms with Crippen LogP contribution in [0.4, 0.5) is 0 Å². The number of epoxide rings is 1. The zero-order chi connectivity index (χ0) is 16.3. The minimum atomic E-state index is -0.624. The Bertz CT molecular complexity index is 610. The Labute approximate surface area is 130 Å². The highest BCUT2D eigenvalue weighted by Crippen LogP contribution is 2.32. The molecule has 0 amide bonds. The summed E-state index contributed by atoms with van der Waals surface area (Å²) in [6, 6.07) is 5.02. The van der Waals surface area contributed by atoms with Crippen LogP contribution in [0.2, 0.25) is 0 Å². The highest BCUT2D eigenvalue weighted by molar-refractivity contribution is 5.69. The van der Waals surface area contributed by atoms with E-state index in [-0.39, 0.29) is 5.75 Å². The number of nitrogens with zero attached hydrogens (tertiary/aromatic N) is 1. The maximum Gasteiger partial charge on any atom is 0.141 e. The number of phenols is 1. The number of aromatic nitrogens is 1. The molecule has 2 heterocycles. The highest BCUT2D eigenvalue weighted by Gasteiger charge is 2.18. The number of benzene rings is 1. The van der Waals surface area contributed by atoms with Gasteiger partial charge in [-0.1, -0.05) is 12.1 Å². The zero-order valence-corrected chi connectivity index (χ0v) is 13.5. The van der Waals surface area contributed by atoms with Crippen LogP contribution < -0.4 is 0 Å². The molecule has 22 heavy (non-hydrogen) atoms. The fourth-order valence-corrected chi connectivity index (χ4v) is 2.22. The molecule has 0 aliphatic carbocycles. The Morgan fingerprint density at radius 2 is 2.00 bits per heavy atom. The zero-order valence-electron chi connectivity index (χ0n) is 13.5. The minimum absolute atomic E-state index is 0.124. The van der Waals surface area contributed by atoms with Crippen molar-refractivity contribution in [2.75, 3.05) is 6.61 Å². The lowest BCUT2D eigenvalue weighted by atomic mass is 9.99. The summed E-state index contributed by atoms with van der Waals surface area (Å²) in [7, 11) is 0. The molecule has 5 heteroatoms. The van der Waals surface area contributed by atoms with Gasteiger partial charge in [0.25, 0.3) is 0 Å². The Morgan fingerprint density at radius 3 is 2.41 bits per heavy atom.